The summed E-state index contributed by atoms with van der Waals surface area (Å²) in [6.07, 6.45) is 1.97. The minimum absolute atomic E-state index is 0.0970. The van der Waals surface area contributed by atoms with Gasteiger partial charge in [0.25, 0.3) is 5.91 Å². The maximum atomic E-state index is 11.3. The van der Waals surface area contributed by atoms with Crippen molar-refractivity contribution in [3.05, 3.63) is 29.6 Å². The predicted octanol–water partition coefficient (Wildman–Crippen LogP) is -0.385. The number of carbonyl (C=O) groups is 2. The van der Waals surface area contributed by atoms with Gasteiger partial charge in [0.15, 0.2) is 0 Å². The smallest absolute Gasteiger partial charge is 0.407 e. The first kappa shape index (κ1) is 15.2. The molecule has 21 heavy (non-hydrogen) atoms. The Bertz CT molecular complexity index is 505. The third-order valence-electron chi connectivity index (χ3n) is 3.38. The zero-order valence-corrected chi connectivity index (χ0v) is 11.8. The topological polar surface area (TPSA) is 110 Å². The van der Waals surface area contributed by atoms with Crippen LogP contribution >= 0.6 is 0 Å². The molecule has 114 valence electrons. The minimum Gasteiger partial charge on any atom is -0.453 e. The average Bonchev–Trinajstić information content (AvgIpc) is 2.94. The molecule has 0 radical (unpaired) electrons. The molecule has 0 bridgehead atoms. The minimum atomic E-state index is -0.405. The number of hydrazine groups is 1. The molecular formula is C13H19N5O3. The van der Waals surface area contributed by atoms with Crippen molar-refractivity contribution in [1.82, 2.24) is 20.6 Å². The maximum absolute atomic E-state index is 11.3. The first-order valence-corrected chi connectivity index (χ1v) is 6.65. The number of pyridine rings is 1. The average molecular weight is 293 g/mol. The molecule has 1 aromatic heterocycles. The highest BCUT2D eigenvalue weighted by Gasteiger charge is 2.24. The monoisotopic (exact) mass is 293 g/mol. The number of rotatable bonds is 4. The quantitative estimate of drug-likeness (QED) is 0.396. The number of likely N-dealkylation sites (tertiary alicyclic amines) is 1. The van der Waals surface area contributed by atoms with E-state index in [9.17, 15) is 9.59 Å². The summed E-state index contributed by atoms with van der Waals surface area (Å²) >= 11 is 0. The van der Waals surface area contributed by atoms with Crippen LogP contribution in [-0.2, 0) is 11.3 Å². The SMILES string of the molecule is COC(=O)NC1CCN(Cc2ccc(C(=O)NN)cn2)C1. The van der Waals surface area contributed by atoms with Crippen molar-refractivity contribution in [3.63, 3.8) is 0 Å². The molecule has 1 fully saturated rings. The van der Waals surface area contributed by atoms with E-state index in [1.54, 1.807) is 12.1 Å². The van der Waals surface area contributed by atoms with E-state index in [-0.39, 0.29) is 11.9 Å². The van der Waals surface area contributed by atoms with Crippen LogP contribution in [0.1, 0.15) is 22.5 Å². The molecule has 0 aromatic carbocycles. The van der Waals surface area contributed by atoms with Crippen LogP contribution in [0.2, 0.25) is 0 Å². The number of amides is 2. The van der Waals surface area contributed by atoms with Gasteiger partial charge in [-0.3, -0.25) is 20.1 Å². The molecule has 1 aromatic rings. The third kappa shape index (κ3) is 4.14. The van der Waals surface area contributed by atoms with Gasteiger partial charge in [-0.15, -0.1) is 0 Å². The number of methoxy groups -OCH3 is 1. The standard InChI is InChI=1S/C13H19N5O3/c1-21-13(20)16-11-4-5-18(8-11)7-10-3-2-9(6-15-10)12(19)17-14/h2-3,6,11H,4-5,7-8,14H2,1H3,(H,16,20)(H,17,19). The summed E-state index contributed by atoms with van der Waals surface area (Å²) in [4.78, 5) is 28.9. The molecule has 1 atom stereocenters. The lowest BCUT2D eigenvalue weighted by molar-refractivity contribution is 0.0953. The summed E-state index contributed by atoms with van der Waals surface area (Å²) in [5.74, 6) is 4.70. The molecular weight excluding hydrogens is 274 g/mol. The molecule has 2 rings (SSSR count). The van der Waals surface area contributed by atoms with Crippen LogP contribution in [0.3, 0.4) is 0 Å². The lowest BCUT2D eigenvalue weighted by Crippen LogP contribution is -2.36. The van der Waals surface area contributed by atoms with E-state index in [1.165, 1.54) is 13.3 Å². The van der Waals surface area contributed by atoms with Gasteiger partial charge in [-0.05, 0) is 18.6 Å². The van der Waals surface area contributed by atoms with Crippen LogP contribution in [0.25, 0.3) is 0 Å². The van der Waals surface area contributed by atoms with Gasteiger partial charge in [0.1, 0.15) is 0 Å². The highest BCUT2D eigenvalue weighted by atomic mass is 16.5. The van der Waals surface area contributed by atoms with Gasteiger partial charge in [-0.2, -0.15) is 0 Å². The van der Waals surface area contributed by atoms with Crippen molar-refractivity contribution in [2.24, 2.45) is 5.84 Å². The Balaban J connectivity index is 1.85. The first-order valence-electron chi connectivity index (χ1n) is 6.65. The second-order valence-corrected chi connectivity index (χ2v) is 4.87. The molecule has 1 saturated heterocycles. The number of hydrogen-bond donors (Lipinski definition) is 3. The van der Waals surface area contributed by atoms with E-state index >= 15 is 0 Å². The fourth-order valence-corrected chi connectivity index (χ4v) is 2.28. The van der Waals surface area contributed by atoms with Crippen molar-refractivity contribution in [2.45, 2.75) is 19.0 Å². The van der Waals surface area contributed by atoms with Gasteiger partial charge in [0, 0.05) is 31.9 Å². The van der Waals surface area contributed by atoms with E-state index in [0.717, 1.165) is 25.2 Å². The van der Waals surface area contributed by atoms with E-state index in [1.807, 2.05) is 0 Å². The van der Waals surface area contributed by atoms with E-state index in [4.69, 9.17) is 5.84 Å². The van der Waals surface area contributed by atoms with Gasteiger partial charge in [0.2, 0.25) is 0 Å². The number of ether oxygens (including phenoxy) is 1. The Morgan fingerprint density at radius 1 is 1.52 bits per heavy atom. The Hall–Kier alpha value is -2.19. The summed E-state index contributed by atoms with van der Waals surface area (Å²) in [5.41, 5.74) is 3.35. The number of carbonyl (C=O) groups excluding carboxylic acids is 2. The van der Waals surface area contributed by atoms with Gasteiger partial charge >= 0.3 is 6.09 Å². The molecule has 1 aliphatic rings. The Kier molecular flexibility index (Phi) is 5.07. The lowest BCUT2D eigenvalue weighted by atomic mass is 10.2. The van der Waals surface area contributed by atoms with Crippen LogP contribution in [0.15, 0.2) is 18.3 Å². The Morgan fingerprint density at radius 3 is 2.95 bits per heavy atom. The zero-order chi connectivity index (χ0) is 15.2. The number of nitrogens with two attached hydrogens (primary N) is 1. The number of aromatic nitrogens is 1. The van der Waals surface area contributed by atoms with Gasteiger partial charge in [-0.25, -0.2) is 10.6 Å². The summed E-state index contributed by atoms with van der Waals surface area (Å²) in [7, 11) is 1.35. The number of hydrogen-bond acceptors (Lipinski definition) is 6. The van der Waals surface area contributed by atoms with Crippen molar-refractivity contribution < 1.29 is 14.3 Å². The number of nitrogen functional groups attached to an aromatic ring is 1. The molecule has 0 aliphatic carbocycles. The fourth-order valence-electron chi connectivity index (χ4n) is 2.28. The fraction of sp³-hybridized carbons (Fsp3) is 0.462. The van der Waals surface area contributed by atoms with E-state index in [2.05, 4.69) is 25.4 Å². The molecule has 0 spiro atoms. The normalized spacial score (nSPS) is 18.3. The zero-order valence-electron chi connectivity index (χ0n) is 11.8. The maximum Gasteiger partial charge on any atom is 0.407 e. The van der Waals surface area contributed by atoms with Crippen molar-refractivity contribution in [1.29, 1.82) is 0 Å². The summed E-state index contributed by atoms with van der Waals surface area (Å²) in [5, 5.41) is 2.79. The molecule has 8 heteroatoms. The van der Waals surface area contributed by atoms with Crippen LogP contribution in [0, 0.1) is 0 Å². The van der Waals surface area contributed by atoms with Gasteiger partial charge < -0.3 is 10.1 Å². The second kappa shape index (κ2) is 7.00. The predicted molar refractivity (Wildman–Crippen MR) is 75.1 cm³/mol. The second-order valence-electron chi connectivity index (χ2n) is 4.87. The van der Waals surface area contributed by atoms with Crippen molar-refractivity contribution in [2.75, 3.05) is 20.2 Å². The highest BCUT2D eigenvalue weighted by molar-refractivity contribution is 5.93. The van der Waals surface area contributed by atoms with Gasteiger partial charge in [0.05, 0.1) is 18.4 Å². The highest BCUT2D eigenvalue weighted by Crippen LogP contribution is 2.13. The molecule has 1 unspecified atom stereocenters. The lowest BCUT2D eigenvalue weighted by Gasteiger charge is -2.16. The molecule has 2 amide bonds. The molecule has 1 aliphatic heterocycles. The Labute approximate surface area is 122 Å². The van der Waals surface area contributed by atoms with E-state index in [0.29, 0.717) is 12.1 Å². The molecule has 4 N–H and O–H groups in total. The van der Waals surface area contributed by atoms with E-state index < -0.39 is 6.09 Å². The van der Waals surface area contributed by atoms with Crippen LogP contribution in [0.4, 0.5) is 4.79 Å². The molecule has 8 nitrogen and oxygen atoms in total. The van der Waals surface area contributed by atoms with Crippen LogP contribution in [-0.4, -0.2) is 48.1 Å². The van der Waals surface area contributed by atoms with Crippen LogP contribution < -0.4 is 16.6 Å². The summed E-state index contributed by atoms with van der Waals surface area (Å²) < 4.78 is 4.58. The van der Waals surface area contributed by atoms with Crippen molar-refractivity contribution in [3.8, 4) is 0 Å². The number of nitrogens with one attached hydrogen (secondary N) is 2. The van der Waals surface area contributed by atoms with Crippen molar-refractivity contribution >= 4 is 12.0 Å². The summed E-state index contributed by atoms with van der Waals surface area (Å²) in [6.45, 7) is 2.30. The molecule has 2 heterocycles. The number of nitrogens with zero attached hydrogens (tertiary/aromatic N) is 2. The number of alkyl carbamates (subject to hydrolysis) is 1. The third-order valence-corrected chi connectivity index (χ3v) is 3.38. The first-order chi connectivity index (χ1) is 10.1. The Morgan fingerprint density at radius 2 is 2.33 bits per heavy atom. The summed E-state index contributed by atoms with van der Waals surface area (Å²) in [6, 6.07) is 3.58. The molecule has 0 saturated carbocycles. The van der Waals surface area contributed by atoms with Gasteiger partial charge in [-0.1, -0.05) is 0 Å². The largest absolute Gasteiger partial charge is 0.453 e. The van der Waals surface area contributed by atoms with Crippen LogP contribution in [0.5, 0.6) is 0 Å².